The molecule has 2 saturated heterocycles. The highest BCUT2D eigenvalue weighted by atomic mass is 79.9. The summed E-state index contributed by atoms with van der Waals surface area (Å²) in [5.74, 6) is -4.74. The van der Waals surface area contributed by atoms with Crippen LogP contribution < -0.4 is 15.0 Å². The number of aromatic nitrogens is 1. The van der Waals surface area contributed by atoms with Gasteiger partial charge in [-0.05, 0) is 35.9 Å². The Morgan fingerprint density at radius 3 is 2.63 bits per heavy atom. The van der Waals surface area contributed by atoms with Gasteiger partial charge in [0.05, 0.1) is 29.6 Å². The summed E-state index contributed by atoms with van der Waals surface area (Å²) >= 11 is 3.45. The number of aliphatic carboxylic acids is 1. The molecule has 0 bridgehead atoms. The van der Waals surface area contributed by atoms with Gasteiger partial charge in [0, 0.05) is 51.7 Å². The number of aromatic amines is 1. The highest BCUT2D eigenvalue weighted by molar-refractivity contribution is 9.10. The number of carboxylic acids is 1. The number of ether oxygens (including phenoxy) is 1. The zero-order chi connectivity index (χ0) is 29.1. The largest absolute Gasteiger partial charge is 0.496 e. The zero-order valence-electron chi connectivity index (χ0n) is 21.5. The van der Waals surface area contributed by atoms with E-state index in [4.69, 9.17) is 4.74 Å². The van der Waals surface area contributed by atoms with Crippen LogP contribution in [0.25, 0.3) is 10.9 Å². The number of hydrogen-bond acceptors (Lipinski definition) is 7. The van der Waals surface area contributed by atoms with Gasteiger partial charge in [-0.3, -0.25) is 29.8 Å². The van der Waals surface area contributed by atoms with Crippen molar-refractivity contribution in [3.8, 4) is 5.75 Å². The Labute approximate surface area is 241 Å². The molecule has 2 fully saturated rings. The fraction of sp³-hybridized carbons (Fsp3) is 0.207. The van der Waals surface area contributed by atoms with E-state index in [-0.39, 0.29) is 17.8 Å². The number of nitrogens with one attached hydrogen (secondary N) is 2. The molecule has 0 aliphatic carbocycles. The number of hydrogen-bond donors (Lipinski definition) is 3. The number of rotatable bonds is 7. The molecule has 4 unspecified atom stereocenters. The molecule has 0 radical (unpaired) electrons. The van der Waals surface area contributed by atoms with E-state index in [9.17, 15) is 29.6 Å². The summed E-state index contributed by atoms with van der Waals surface area (Å²) in [7, 11) is 1.46. The van der Waals surface area contributed by atoms with Crippen molar-refractivity contribution in [1.82, 2.24) is 10.3 Å². The van der Waals surface area contributed by atoms with E-state index in [1.807, 2.05) is 24.3 Å². The molecule has 12 heteroatoms. The van der Waals surface area contributed by atoms with Crippen LogP contribution in [0.4, 0.5) is 11.4 Å². The minimum atomic E-state index is -1.89. The lowest BCUT2D eigenvalue weighted by Crippen LogP contribution is -2.57. The van der Waals surface area contributed by atoms with Gasteiger partial charge < -0.3 is 14.8 Å². The summed E-state index contributed by atoms with van der Waals surface area (Å²) in [4.78, 5) is 56.4. The highest BCUT2D eigenvalue weighted by Crippen LogP contribution is 2.53. The third-order valence-corrected chi connectivity index (χ3v) is 8.50. The normalized spacial score (nSPS) is 23.7. The first kappa shape index (κ1) is 26.7. The maximum atomic E-state index is 14.2. The van der Waals surface area contributed by atoms with Crippen molar-refractivity contribution >= 4 is 56.0 Å². The van der Waals surface area contributed by atoms with Crippen LogP contribution in [0, 0.1) is 22.0 Å². The molecule has 41 heavy (non-hydrogen) atoms. The number of carbonyl (C=O) groups excluding carboxylic acids is 2. The Balaban J connectivity index is 1.54. The molecule has 4 atom stereocenters. The van der Waals surface area contributed by atoms with E-state index < -0.39 is 46.1 Å². The first-order valence-corrected chi connectivity index (χ1v) is 13.5. The average molecular weight is 619 g/mol. The Morgan fingerprint density at radius 1 is 1.12 bits per heavy atom. The Hall–Kier alpha value is -4.55. The molecule has 3 heterocycles. The van der Waals surface area contributed by atoms with E-state index in [2.05, 4.69) is 26.2 Å². The fourth-order valence-corrected chi connectivity index (χ4v) is 6.61. The molecule has 3 aromatic carbocycles. The highest BCUT2D eigenvalue weighted by Gasteiger charge is 2.69. The van der Waals surface area contributed by atoms with Gasteiger partial charge in [-0.25, -0.2) is 4.90 Å². The first-order chi connectivity index (χ1) is 19.7. The molecule has 208 valence electrons. The molecule has 0 spiro atoms. The van der Waals surface area contributed by atoms with Crippen LogP contribution in [-0.4, -0.2) is 45.4 Å². The van der Waals surface area contributed by atoms with Crippen LogP contribution in [-0.2, 0) is 20.8 Å². The van der Waals surface area contributed by atoms with Gasteiger partial charge in [0.1, 0.15) is 11.3 Å². The quantitative estimate of drug-likeness (QED) is 0.157. The number of carboxylic acid groups (broad SMARTS) is 1. The van der Waals surface area contributed by atoms with Gasteiger partial charge >= 0.3 is 5.97 Å². The third kappa shape index (κ3) is 4.09. The minimum Gasteiger partial charge on any atom is -0.496 e. The number of nitro benzene ring substituents is 1. The number of non-ortho nitro benzene ring substituents is 1. The average Bonchev–Trinajstić information content (AvgIpc) is 3.60. The molecule has 2 aliphatic rings. The summed E-state index contributed by atoms with van der Waals surface area (Å²) in [6.07, 6.45) is 1.60. The van der Waals surface area contributed by atoms with Crippen molar-refractivity contribution in [1.29, 1.82) is 0 Å². The summed E-state index contributed by atoms with van der Waals surface area (Å²) in [6, 6.07) is 16.9. The number of methoxy groups -OCH3 is 1. The Kier molecular flexibility index (Phi) is 6.39. The molecule has 2 amide bonds. The van der Waals surface area contributed by atoms with Gasteiger partial charge in [0.25, 0.3) is 5.69 Å². The molecular formula is C29H23BrN4O7. The first-order valence-electron chi connectivity index (χ1n) is 12.7. The van der Waals surface area contributed by atoms with Gasteiger partial charge in [0.2, 0.25) is 11.8 Å². The number of nitro groups is 1. The second kappa shape index (κ2) is 9.82. The number of carbonyl (C=O) groups is 3. The fourth-order valence-electron chi connectivity index (χ4n) is 6.23. The second-order valence-electron chi connectivity index (χ2n) is 10.1. The maximum Gasteiger partial charge on any atom is 0.325 e. The van der Waals surface area contributed by atoms with Crippen LogP contribution in [0.2, 0.25) is 0 Å². The molecule has 4 aromatic rings. The maximum absolute atomic E-state index is 14.2. The number of halogens is 1. The standard InChI is InChI=1S/C29H23BrN4O7/c1-41-22-10-9-16(30)11-20(22)25-23-24(27(36)33(26(23)35)17-5-4-6-18(12-17)34(39)40)29(32-25,28(37)38)13-15-14-31-21-8-3-2-7-19(15)21/h2-12,14,23-25,31-32H,13H2,1H3,(H,37,38). The third-order valence-electron chi connectivity index (χ3n) is 8.01. The van der Waals surface area contributed by atoms with E-state index in [0.29, 0.717) is 21.3 Å². The minimum absolute atomic E-state index is 0.00920. The summed E-state index contributed by atoms with van der Waals surface area (Å²) in [5.41, 5.74) is -0.224. The van der Waals surface area contributed by atoms with Crippen molar-refractivity contribution < 1.29 is 29.2 Å². The van der Waals surface area contributed by atoms with Crippen molar-refractivity contribution in [2.24, 2.45) is 11.8 Å². The number of fused-ring (bicyclic) bond motifs is 2. The summed E-state index contributed by atoms with van der Waals surface area (Å²) in [6.45, 7) is 0. The van der Waals surface area contributed by atoms with E-state index in [1.54, 1.807) is 24.4 Å². The number of benzene rings is 3. The number of anilines is 1. The lowest BCUT2D eigenvalue weighted by atomic mass is 9.76. The molecule has 0 saturated carbocycles. The topological polar surface area (TPSA) is 155 Å². The van der Waals surface area contributed by atoms with Crippen molar-refractivity contribution in [3.63, 3.8) is 0 Å². The van der Waals surface area contributed by atoms with Crippen molar-refractivity contribution in [3.05, 3.63) is 98.6 Å². The number of amides is 2. The van der Waals surface area contributed by atoms with Crippen LogP contribution >= 0.6 is 15.9 Å². The predicted molar refractivity (Wildman–Crippen MR) is 152 cm³/mol. The summed E-state index contributed by atoms with van der Waals surface area (Å²) in [5, 5.41) is 26.3. The number of imide groups is 1. The number of H-pyrrole nitrogens is 1. The molecule has 1 aromatic heterocycles. The van der Waals surface area contributed by atoms with Crippen LogP contribution in [0.5, 0.6) is 5.75 Å². The lowest BCUT2D eigenvalue weighted by Gasteiger charge is -2.31. The monoisotopic (exact) mass is 618 g/mol. The number of nitrogens with zero attached hydrogens (tertiary/aromatic N) is 2. The SMILES string of the molecule is COc1ccc(Br)cc1C1NC(Cc2c[nH]c3ccccc23)(C(=O)O)C2C(=O)N(c3cccc([N+](=O)[O-])c3)C(=O)C12. The molecule has 6 rings (SSSR count). The van der Waals surface area contributed by atoms with Crippen LogP contribution in [0.1, 0.15) is 17.2 Å². The zero-order valence-corrected chi connectivity index (χ0v) is 23.1. The van der Waals surface area contributed by atoms with Crippen molar-refractivity contribution in [2.45, 2.75) is 18.0 Å². The van der Waals surface area contributed by atoms with E-state index in [0.717, 1.165) is 21.9 Å². The number of para-hydroxylation sites is 1. The Bertz CT molecular complexity index is 1750. The Morgan fingerprint density at radius 2 is 1.90 bits per heavy atom. The second-order valence-corrected chi connectivity index (χ2v) is 11.0. The van der Waals surface area contributed by atoms with E-state index >= 15 is 0 Å². The smallest absolute Gasteiger partial charge is 0.325 e. The predicted octanol–water partition coefficient (Wildman–Crippen LogP) is 4.36. The molecular weight excluding hydrogens is 596 g/mol. The van der Waals surface area contributed by atoms with Gasteiger partial charge in [0.15, 0.2) is 0 Å². The molecule has 2 aliphatic heterocycles. The molecule has 3 N–H and O–H groups in total. The lowest BCUT2D eigenvalue weighted by molar-refractivity contribution is -0.384. The van der Waals surface area contributed by atoms with Crippen molar-refractivity contribution in [2.75, 3.05) is 12.0 Å². The van der Waals surface area contributed by atoms with Gasteiger partial charge in [-0.2, -0.15) is 0 Å². The van der Waals surface area contributed by atoms with Gasteiger partial charge in [-0.1, -0.05) is 40.2 Å². The van der Waals surface area contributed by atoms with Crippen LogP contribution in [0.15, 0.2) is 77.4 Å². The van der Waals surface area contributed by atoms with Crippen LogP contribution in [0.3, 0.4) is 0 Å². The summed E-state index contributed by atoms with van der Waals surface area (Å²) < 4.78 is 6.24. The van der Waals surface area contributed by atoms with E-state index in [1.165, 1.54) is 25.3 Å². The van der Waals surface area contributed by atoms with Gasteiger partial charge in [-0.15, -0.1) is 0 Å². The molecule has 11 nitrogen and oxygen atoms in total.